The van der Waals surface area contributed by atoms with Gasteiger partial charge in [-0.25, -0.2) is 4.79 Å². The maximum absolute atomic E-state index is 12.1. The zero-order chi connectivity index (χ0) is 17.1. The highest BCUT2D eigenvalue weighted by Gasteiger charge is 2.23. The fourth-order valence-corrected chi connectivity index (χ4v) is 2.60. The van der Waals surface area contributed by atoms with Crippen molar-refractivity contribution in [1.29, 1.82) is 0 Å². The highest BCUT2D eigenvalue weighted by molar-refractivity contribution is 5.95. The second-order valence-corrected chi connectivity index (χ2v) is 5.53. The van der Waals surface area contributed by atoms with Gasteiger partial charge in [0.1, 0.15) is 11.8 Å². The van der Waals surface area contributed by atoms with E-state index in [1.54, 1.807) is 6.92 Å². The molecular formula is C18H16N2O4. The second-order valence-electron chi connectivity index (χ2n) is 5.53. The van der Waals surface area contributed by atoms with Crippen molar-refractivity contribution < 1.29 is 19.2 Å². The third-order valence-corrected chi connectivity index (χ3v) is 3.77. The second kappa shape index (κ2) is 6.54. The summed E-state index contributed by atoms with van der Waals surface area (Å²) in [5, 5.41) is 17.5. The Morgan fingerprint density at radius 2 is 1.96 bits per heavy atom. The number of aryl methyl sites for hydroxylation is 1. The number of carbonyl (C=O) groups excluding carboxylic acids is 1. The molecule has 0 aliphatic carbocycles. The van der Waals surface area contributed by atoms with Gasteiger partial charge >= 0.3 is 5.97 Å². The minimum absolute atomic E-state index is 0.0664. The first-order chi connectivity index (χ1) is 11.5. The molecule has 1 heterocycles. The minimum Gasteiger partial charge on any atom is -0.480 e. The Kier molecular flexibility index (Phi) is 4.29. The van der Waals surface area contributed by atoms with E-state index in [1.807, 2.05) is 42.5 Å². The lowest BCUT2D eigenvalue weighted by Crippen LogP contribution is -2.42. The van der Waals surface area contributed by atoms with Crippen molar-refractivity contribution in [2.45, 2.75) is 19.4 Å². The van der Waals surface area contributed by atoms with Crippen LogP contribution in [0.2, 0.25) is 0 Å². The summed E-state index contributed by atoms with van der Waals surface area (Å²) in [7, 11) is 0. The molecule has 0 aliphatic heterocycles. The molecule has 24 heavy (non-hydrogen) atoms. The molecule has 3 rings (SSSR count). The summed E-state index contributed by atoms with van der Waals surface area (Å²) >= 11 is 0. The number of carboxylic acid groups (broad SMARTS) is 1. The van der Waals surface area contributed by atoms with Gasteiger partial charge in [0.15, 0.2) is 5.69 Å². The van der Waals surface area contributed by atoms with Gasteiger partial charge in [-0.15, -0.1) is 0 Å². The van der Waals surface area contributed by atoms with Crippen molar-refractivity contribution in [2.75, 3.05) is 0 Å². The summed E-state index contributed by atoms with van der Waals surface area (Å²) in [5.74, 6) is -1.18. The molecule has 122 valence electrons. The monoisotopic (exact) mass is 324 g/mol. The lowest BCUT2D eigenvalue weighted by Gasteiger charge is -2.15. The fourth-order valence-electron chi connectivity index (χ4n) is 2.60. The highest BCUT2D eigenvalue weighted by Crippen LogP contribution is 2.20. The molecule has 2 N–H and O–H groups in total. The zero-order valence-electron chi connectivity index (χ0n) is 13.0. The number of rotatable bonds is 5. The summed E-state index contributed by atoms with van der Waals surface area (Å²) in [4.78, 5) is 23.7. The molecule has 0 radical (unpaired) electrons. The van der Waals surface area contributed by atoms with Gasteiger partial charge in [-0.3, -0.25) is 4.79 Å². The predicted molar refractivity (Wildman–Crippen MR) is 87.8 cm³/mol. The van der Waals surface area contributed by atoms with Crippen LogP contribution in [0.3, 0.4) is 0 Å². The Bertz CT molecular complexity index is 895. The molecule has 0 saturated carbocycles. The first-order valence-corrected chi connectivity index (χ1v) is 7.48. The average molecular weight is 324 g/mol. The van der Waals surface area contributed by atoms with Gasteiger partial charge < -0.3 is 14.9 Å². The minimum atomic E-state index is -1.10. The van der Waals surface area contributed by atoms with Gasteiger partial charge in [-0.2, -0.15) is 0 Å². The van der Waals surface area contributed by atoms with Crippen LogP contribution in [0, 0.1) is 6.92 Å². The lowest BCUT2D eigenvalue weighted by atomic mass is 9.98. The van der Waals surface area contributed by atoms with Crippen LogP contribution < -0.4 is 5.32 Å². The van der Waals surface area contributed by atoms with Gasteiger partial charge in [0, 0.05) is 12.5 Å². The van der Waals surface area contributed by atoms with Gasteiger partial charge in [0.25, 0.3) is 5.91 Å². The number of aliphatic carboxylic acids is 1. The Hall–Kier alpha value is -3.15. The van der Waals surface area contributed by atoms with Crippen LogP contribution >= 0.6 is 0 Å². The maximum atomic E-state index is 12.1. The molecule has 3 aromatic rings. The lowest BCUT2D eigenvalue weighted by molar-refractivity contribution is -0.139. The first kappa shape index (κ1) is 15.7. The van der Waals surface area contributed by atoms with E-state index in [9.17, 15) is 14.7 Å². The Morgan fingerprint density at radius 3 is 2.67 bits per heavy atom. The van der Waals surface area contributed by atoms with E-state index in [2.05, 4.69) is 10.5 Å². The quantitative estimate of drug-likeness (QED) is 0.752. The van der Waals surface area contributed by atoms with Gasteiger partial charge in [0.05, 0.1) is 0 Å². The number of hydrogen-bond donors (Lipinski definition) is 2. The van der Waals surface area contributed by atoms with E-state index < -0.39 is 17.9 Å². The molecular weight excluding hydrogens is 308 g/mol. The van der Waals surface area contributed by atoms with Crippen molar-refractivity contribution in [3.8, 4) is 0 Å². The van der Waals surface area contributed by atoms with Crippen LogP contribution in [0.4, 0.5) is 0 Å². The predicted octanol–water partition coefficient (Wildman–Crippen LogP) is 2.56. The van der Waals surface area contributed by atoms with Crippen LogP contribution in [0.5, 0.6) is 0 Å². The van der Waals surface area contributed by atoms with E-state index in [0.717, 1.165) is 16.3 Å². The number of fused-ring (bicyclic) bond motifs is 1. The van der Waals surface area contributed by atoms with E-state index >= 15 is 0 Å². The molecule has 6 nitrogen and oxygen atoms in total. The van der Waals surface area contributed by atoms with E-state index in [1.165, 1.54) is 6.07 Å². The van der Waals surface area contributed by atoms with Crippen molar-refractivity contribution in [1.82, 2.24) is 10.5 Å². The number of hydrogen-bond acceptors (Lipinski definition) is 4. The normalized spacial score (nSPS) is 12.0. The van der Waals surface area contributed by atoms with Crippen LogP contribution in [0.15, 0.2) is 53.1 Å². The third-order valence-electron chi connectivity index (χ3n) is 3.77. The first-order valence-electron chi connectivity index (χ1n) is 7.48. The molecule has 1 unspecified atom stereocenters. The van der Waals surface area contributed by atoms with Crippen molar-refractivity contribution in [3.63, 3.8) is 0 Å². The molecule has 6 heteroatoms. The van der Waals surface area contributed by atoms with Gasteiger partial charge in [-0.05, 0) is 23.3 Å². The smallest absolute Gasteiger partial charge is 0.326 e. The summed E-state index contributed by atoms with van der Waals surface area (Å²) in [6.45, 7) is 1.66. The van der Waals surface area contributed by atoms with Gasteiger partial charge in [-0.1, -0.05) is 47.6 Å². The van der Waals surface area contributed by atoms with Crippen molar-refractivity contribution >= 4 is 22.6 Å². The summed E-state index contributed by atoms with van der Waals surface area (Å²) in [5.41, 5.74) is 0.925. The number of aromatic nitrogens is 1. The number of amides is 1. The summed E-state index contributed by atoms with van der Waals surface area (Å²) < 4.78 is 4.85. The molecule has 1 aromatic heterocycles. The van der Waals surface area contributed by atoms with Gasteiger partial charge in [0.2, 0.25) is 0 Å². The molecule has 0 saturated heterocycles. The zero-order valence-corrected chi connectivity index (χ0v) is 13.0. The van der Waals surface area contributed by atoms with Crippen molar-refractivity contribution in [2.24, 2.45) is 0 Å². The van der Waals surface area contributed by atoms with E-state index in [4.69, 9.17) is 4.52 Å². The Morgan fingerprint density at radius 1 is 1.21 bits per heavy atom. The average Bonchev–Trinajstić information content (AvgIpc) is 3.01. The SMILES string of the molecule is Cc1cc(C(=O)NC(Cc2cccc3ccccc23)C(=O)O)no1. The number of benzene rings is 2. The fraction of sp³-hybridized carbons (Fsp3) is 0.167. The Balaban J connectivity index is 1.83. The number of nitrogens with one attached hydrogen (secondary N) is 1. The van der Waals surface area contributed by atoms with E-state index in [0.29, 0.717) is 5.76 Å². The maximum Gasteiger partial charge on any atom is 0.326 e. The molecule has 0 fully saturated rings. The largest absolute Gasteiger partial charge is 0.480 e. The molecule has 0 bridgehead atoms. The highest BCUT2D eigenvalue weighted by atomic mass is 16.5. The van der Waals surface area contributed by atoms with Crippen LogP contribution in [-0.4, -0.2) is 28.2 Å². The number of nitrogens with zero attached hydrogens (tertiary/aromatic N) is 1. The molecule has 0 aliphatic rings. The molecule has 1 amide bonds. The summed E-state index contributed by atoms with van der Waals surface area (Å²) in [6, 6.07) is 13.8. The topological polar surface area (TPSA) is 92.4 Å². The summed E-state index contributed by atoms with van der Waals surface area (Å²) in [6.07, 6.45) is 0.180. The number of carboxylic acids is 1. The van der Waals surface area contributed by atoms with Crippen molar-refractivity contribution in [3.05, 3.63) is 65.5 Å². The molecule has 1 atom stereocenters. The third kappa shape index (κ3) is 3.27. The van der Waals surface area contributed by atoms with Crippen LogP contribution in [0.25, 0.3) is 10.8 Å². The molecule has 2 aromatic carbocycles. The number of carbonyl (C=O) groups is 2. The van der Waals surface area contributed by atoms with Crippen LogP contribution in [-0.2, 0) is 11.2 Å². The van der Waals surface area contributed by atoms with Crippen LogP contribution in [0.1, 0.15) is 21.8 Å². The molecule has 0 spiro atoms. The Labute approximate surface area is 138 Å². The standard InChI is InChI=1S/C18H16N2O4/c1-11-9-15(20-24-11)17(21)19-16(18(22)23)10-13-7-4-6-12-5-2-3-8-14(12)13/h2-9,16H,10H2,1H3,(H,19,21)(H,22,23). The van der Waals surface area contributed by atoms with E-state index in [-0.39, 0.29) is 12.1 Å².